The molecule has 17 heavy (non-hydrogen) atoms. The van der Waals surface area contributed by atoms with E-state index in [1.54, 1.807) is 24.3 Å². The zero-order chi connectivity index (χ0) is 12.4. The first kappa shape index (κ1) is 12.3. The Labute approximate surface area is 108 Å². The van der Waals surface area contributed by atoms with Crippen LogP contribution >= 0.6 is 22.9 Å². The minimum atomic E-state index is -0.283. The Morgan fingerprint density at radius 3 is 2.82 bits per heavy atom. The van der Waals surface area contributed by atoms with Gasteiger partial charge >= 0.3 is 0 Å². The van der Waals surface area contributed by atoms with E-state index in [2.05, 4.69) is 10.3 Å². The molecule has 0 spiro atoms. The molecule has 0 atom stereocenters. The third-order valence-corrected chi connectivity index (χ3v) is 3.78. The summed E-state index contributed by atoms with van der Waals surface area (Å²) in [5, 5.41) is 3.59. The van der Waals surface area contributed by atoms with Gasteiger partial charge in [-0.3, -0.25) is 0 Å². The van der Waals surface area contributed by atoms with Crippen LogP contribution in [0.4, 0.5) is 10.1 Å². The Hall–Kier alpha value is -1.13. The van der Waals surface area contributed by atoms with Crippen LogP contribution in [-0.2, 0) is 6.54 Å². The molecule has 0 aliphatic rings. The molecule has 5 heteroatoms. The molecule has 2 rings (SSSR count). The lowest BCUT2D eigenvalue weighted by atomic mass is 10.2. The zero-order valence-electron chi connectivity index (χ0n) is 9.55. The molecule has 0 saturated heterocycles. The van der Waals surface area contributed by atoms with Crippen molar-refractivity contribution in [1.29, 1.82) is 0 Å². The maximum absolute atomic E-state index is 13.2. The fourth-order valence-corrected chi connectivity index (χ4v) is 2.40. The lowest BCUT2D eigenvalue weighted by Crippen LogP contribution is -2.00. The van der Waals surface area contributed by atoms with E-state index in [0.29, 0.717) is 17.1 Å². The van der Waals surface area contributed by atoms with E-state index in [4.69, 9.17) is 11.6 Å². The van der Waals surface area contributed by atoms with Gasteiger partial charge in [0.25, 0.3) is 0 Å². The summed E-state index contributed by atoms with van der Waals surface area (Å²) >= 11 is 7.56. The molecule has 0 bridgehead atoms. The molecule has 2 aromatic rings. The number of rotatable bonds is 3. The number of hydrogen-bond donors (Lipinski definition) is 1. The summed E-state index contributed by atoms with van der Waals surface area (Å²) < 4.78 is 13.2. The van der Waals surface area contributed by atoms with E-state index in [-0.39, 0.29) is 5.82 Å². The van der Waals surface area contributed by atoms with E-state index in [9.17, 15) is 4.39 Å². The third kappa shape index (κ3) is 2.76. The highest BCUT2D eigenvalue weighted by Gasteiger charge is 2.07. The van der Waals surface area contributed by atoms with Crippen molar-refractivity contribution in [2.24, 2.45) is 0 Å². The number of hydrogen-bond acceptors (Lipinski definition) is 3. The van der Waals surface area contributed by atoms with Crippen molar-refractivity contribution in [1.82, 2.24) is 4.98 Å². The van der Waals surface area contributed by atoms with Gasteiger partial charge in [-0.2, -0.15) is 0 Å². The lowest BCUT2D eigenvalue weighted by Gasteiger charge is -2.09. The topological polar surface area (TPSA) is 24.9 Å². The number of aromatic nitrogens is 1. The highest BCUT2D eigenvalue weighted by Crippen LogP contribution is 2.26. The van der Waals surface area contributed by atoms with Crippen LogP contribution in [0.2, 0.25) is 5.02 Å². The molecule has 2 nitrogen and oxygen atoms in total. The first-order valence-electron chi connectivity index (χ1n) is 5.16. The quantitative estimate of drug-likeness (QED) is 0.906. The van der Waals surface area contributed by atoms with Crippen molar-refractivity contribution in [2.75, 3.05) is 5.32 Å². The Balaban J connectivity index is 2.14. The van der Waals surface area contributed by atoms with Crippen LogP contribution in [-0.4, -0.2) is 4.98 Å². The Bertz CT molecular complexity index is 539. The molecule has 0 fully saturated rings. The second-order valence-electron chi connectivity index (χ2n) is 3.80. The van der Waals surface area contributed by atoms with Gasteiger partial charge in [0.2, 0.25) is 0 Å². The number of anilines is 1. The smallest absolute Gasteiger partial charge is 0.127 e. The maximum atomic E-state index is 13.2. The molecule has 0 radical (unpaired) electrons. The largest absolute Gasteiger partial charge is 0.379 e. The summed E-state index contributed by atoms with van der Waals surface area (Å²) in [4.78, 5) is 5.32. The monoisotopic (exact) mass is 270 g/mol. The maximum Gasteiger partial charge on any atom is 0.127 e. The van der Waals surface area contributed by atoms with Gasteiger partial charge < -0.3 is 5.32 Å². The van der Waals surface area contributed by atoms with Gasteiger partial charge in [-0.25, -0.2) is 9.37 Å². The molecule has 0 unspecified atom stereocenters. The van der Waals surface area contributed by atoms with Crippen LogP contribution in [0.5, 0.6) is 0 Å². The standard InChI is InChI=1S/C12H12ClFN2S/c1-7-3-11(9(13)4-10(7)14)15-5-12-8(2)16-6-17-12/h3-4,6,15H,5H2,1-2H3. The van der Waals surface area contributed by atoms with Crippen molar-refractivity contribution < 1.29 is 4.39 Å². The SMILES string of the molecule is Cc1cc(NCc2scnc2C)c(Cl)cc1F. The average molecular weight is 271 g/mol. The summed E-state index contributed by atoms with van der Waals surface area (Å²) in [6.45, 7) is 4.33. The van der Waals surface area contributed by atoms with E-state index >= 15 is 0 Å². The number of aryl methyl sites for hydroxylation is 2. The van der Waals surface area contributed by atoms with Gasteiger partial charge in [-0.15, -0.1) is 11.3 Å². The summed E-state index contributed by atoms with van der Waals surface area (Å²) in [6.07, 6.45) is 0. The minimum absolute atomic E-state index is 0.283. The molecule has 90 valence electrons. The predicted octanol–water partition coefficient (Wildman–Crippen LogP) is 4.16. The van der Waals surface area contributed by atoms with E-state index in [0.717, 1.165) is 16.3 Å². The second kappa shape index (κ2) is 5.02. The Morgan fingerprint density at radius 2 is 2.18 bits per heavy atom. The molecule has 1 N–H and O–H groups in total. The molecule has 0 aliphatic carbocycles. The zero-order valence-corrected chi connectivity index (χ0v) is 11.1. The number of benzene rings is 1. The predicted molar refractivity (Wildman–Crippen MR) is 70.3 cm³/mol. The summed E-state index contributed by atoms with van der Waals surface area (Å²) in [5.41, 5.74) is 4.15. The minimum Gasteiger partial charge on any atom is -0.379 e. The van der Waals surface area contributed by atoms with Gasteiger partial charge in [0.05, 0.1) is 28.5 Å². The normalized spacial score (nSPS) is 10.6. The molecule has 1 aromatic carbocycles. The second-order valence-corrected chi connectivity index (χ2v) is 5.14. The number of thiazole rings is 1. The lowest BCUT2D eigenvalue weighted by molar-refractivity contribution is 0.619. The van der Waals surface area contributed by atoms with Crippen molar-refractivity contribution >= 4 is 28.6 Å². The van der Waals surface area contributed by atoms with Crippen LogP contribution in [0.15, 0.2) is 17.6 Å². The molecular weight excluding hydrogens is 259 g/mol. The van der Waals surface area contributed by atoms with Crippen molar-refractivity contribution in [3.05, 3.63) is 44.6 Å². The number of nitrogens with zero attached hydrogens (tertiary/aromatic N) is 1. The van der Waals surface area contributed by atoms with Crippen molar-refractivity contribution in [2.45, 2.75) is 20.4 Å². The first-order chi connectivity index (χ1) is 8.08. The Morgan fingerprint density at radius 1 is 1.41 bits per heavy atom. The van der Waals surface area contributed by atoms with Gasteiger partial charge in [0, 0.05) is 4.88 Å². The highest BCUT2D eigenvalue weighted by molar-refractivity contribution is 7.09. The number of nitrogens with one attached hydrogen (secondary N) is 1. The number of halogens is 2. The van der Waals surface area contributed by atoms with Crippen LogP contribution in [0.3, 0.4) is 0 Å². The van der Waals surface area contributed by atoms with Gasteiger partial charge in [-0.05, 0) is 31.5 Å². The van der Waals surface area contributed by atoms with Crippen LogP contribution < -0.4 is 5.32 Å². The fraction of sp³-hybridized carbons (Fsp3) is 0.250. The van der Waals surface area contributed by atoms with Crippen molar-refractivity contribution in [3.8, 4) is 0 Å². The molecule has 1 heterocycles. The van der Waals surface area contributed by atoms with E-state index in [1.165, 1.54) is 6.07 Å². The average Bonchev–Trinajstić information content (AvgIpc) is 2.68. The molecule has 1 aromatic heterocycles. The Kier molecular flexibility index (Phi) is 3.64. The first-order valence-corrected chi connectivity index (χ1v) is 6.42. The van der Waals surface area contributed by atoms with Gasteiger partial charge in [0.1, 0.15) is 5.82 Å². The van der Waals surface area contributed by atoms with Gasteiger partial charge in [-0.1, -0.05) is 11.6 Å². The third-order valence-electron chi connectivity index (χ3n) is 2.53. The molecular formula is C12H12ClFN2S. The molecule has 0 saturated carbocycles. The highest BCUT2D eigenvalue weighted by atomic mass is 35.5. The summed E-state index contributed by atoms with van der Waals surface area (Å²) in [5.74, 6) is -0.283. The summed E-state index contributed by atoms with van der Waals surface area (Å²) in [6, 6.07) is 3.05. The molecule has 0 aliphatic heterocycles. The summed E-state index contributed by atoms with van der Waals surface area (Å²) in [7, 11) is 0. The van der Waals surface area contributed by atoms with Crippen LogP contribution in [0.25, 0.3) is 0 Å². The van der Waals surface area contributed by atoms with Crippen LogP contribution in [0.1, 0.15) is 16.1 Å². The van der Waals surface area contributed by atoms with E-state index < -0.39 is 0 Å². The molecule has 0 amide bonds. The fourth-order valence-electron chi connectivity index (χ4n) is 1.46. The van der Waals surface area contributed by atoms with Crippen LogP contribution in [0, 0.1) is 19.7 Å². The van der Waals surface area contributed by atoms with E-state index in [1.807, 2.05) is 12.4 Å². The van der Waals surface area contributed by atoms with Crippen molar-refractivity contribution in [3.63, 3.8) is 0 Å². The van der Waals surface area contributed by atoms with Gasteiger partial charge in [0.15, 0.2) is 0 Å².